The zero-order valence-corrected chi connectivity index (χ0v) is 18.2. The molecule has 2 rings (SSSR count). The van der Waals surface area contributed by atoms with Gasteiger partial charge in [0.1, 0.15) is 0 Å². The summed E-state index contributed by atoms with van der Waals surface area (Å²) in [5.74, 6) is 1.38. The highest BCUT2D eigenvalue weighted by Gasteiger charge is 2.15. The number of nitrogens with one attached hydrogen (secondary N) is 2. The molecule has 1 fully saturated rings. The van der Waals surface area contributed by atoms with Crippen molar-refractivity contribution in [3.8, 4) is 0 Å². The minimum Gasteiger partial charge on any atom is -0.381 e. The molecular weight excluding hydrogens is 445 g/mol. The van der Waals surface area contributed by atoms with Gasteiger partial charge in [-0.2, -0.15) is 0 Å². The molecule has 26 heavy (non-hydrogen) atoms. The molecule has 1 heterocycles. The molecule has 0 aromatic heterocycles. The first kappa shape index (κ1) is 23.1. The van der Waals surface area contributed by atoms with E-state index in [1.54, 1.807) is 14.2 Å². The minimum absolute atomic E-state index is 0. The first-order valence-corrected chi connectivity index (χ1v) is 8.99. The van der Waals surface area contributed by atoms with Gasteiger partial charge in [0.15, 0.2) is 5.96 Å². The van der Waals surface area contributed by atoms with Crippen molar-refractivity contribution in [1.29, 1.82) is 0 Å². The van der Waals surface area contributed by atoms with Crippen LogP contribution in [0.15, 0.2) is 29.3 Å². The second-order valence-electron chi connectivity index (χ2n) is 6.21. The van der Waals surface area contributed by atoms with Crippen molar-refractivity contribution < 1.29 is 14.2 Å². The first-order valence-electron chi connectivity index (χ1n) is 8.99. The summed E-state index contributed by atoms with van der Waals surface area (Å²) in [5, 5.41) is 6.67. The molecule has 0 bridgehead atoms. The second-order valence-corrected chi connectivity index (χ2v) is 6.21. The lowest BCUT2D eigenvalue weighted by molar-refractivity contribution is 0.0888. The van der Waals surface area contributed by atoms with Crippen molar-refractivity contribution in [1.82, 2.24) is 10.6 Å². The van der Waals surface area contributed by atoms with E-state index in [-0.39, 0.29) is 24.0 Å². The standard InChI is InChI=1S/C19H31N3O3.HI/c1-20-19(21-9-5-10-24-13-16-8-11-25-14-16)22-12-17-6-3-4-7-18(17)15-23-2;/h3-4,6-7,16H,5,8-15H2,1-2H3,(H2,20,21,22);1H. The van der Waals surface area contributed by atoms with E-state index in [1.165, 1.54) is 11.1 Å². The molecule has 1 unspecified atom stereocenters. The summed E-state index contributed by atoms with van der Waals surface area (Å²) in [7, 11) is 3.50. The van der Waals surface area contributed by atoms with Crippen molar-refractivity contribution in [2.24, 2.45) is 10.9 Å². The van der Waals surface area contributed by atoms with E-state index < -0.39 is 0 Å². The maximum Gasteiger partial charge on any atom is 0.191 e. The van der Waals surface area contributed by atoms with E-state index in [0.29, 0.717) is 12.5 Å². The van der Waals surface area contributed by atoms with E-state index in [0.717, 1.165) is 58.3 Å². The first-order chi connectivity index (χ1) is 12.3. The Kier molecular flexibility index (Phi) is 12.6. The maximum absolute atomic E-state index is 5.71. The van der Waals surface area contributed by atoms with Crippen LogP contribution in [-0.2, 0) is 27.4 Å². The third-order valence-corrected chi connectivity index (χ3v) is 4.22. The van der Waals surface area contributed by atoms with Gasteiger partial charge in [-0.25, -0.2) is 0 Å². The van der Waals surface area contributed by atoms with Crippen LogP contribution in [0.4, 0.5) is 0 Å². The monoisotopic (exact) mass is 477 g/mol. The highest BCUT2D eigenvalue weighted by molar-refractivity contribution is 14.0. The lowest BCUT2D eigenvalue weighted by atomic mass is 10.1. The van der Waals surface area contributed by atoms with Crippen LogP contribution >= 0.6 is 24.0 Å². The van der Waals surface area contributed by atoms with Crippen molar-refractivity contribution in [3.05, 3.63) is 35.4 Å². The smallest absolute Gasteiger partial charge is 0.191 e. The number of aliphatic imine (C=N–C) groups is 1. The van der Waals surface area contributed by atoms with E-state index in [1.807, 2.05) is 12.1 Å². The van der Waals surface area contributed by atoms with Gasteiger partial charge in [-0.1, -0.05) is 24.3 Å². The molecule has 1 aliphatic rings. The number of rotatable bonds is 10. The SMILES string of the molecule is CN=C(NCCCOCC1CCOC1)NCc1ccccc1COC.I. The van der Waals surface area contributed by atoms with Gasteiger partial charge in [-0.3, -0.25) is 4.99 Å². The maximum atomic E-state index is 5.71. The molecule has 1 aromatic rings. The zero-order valence-electron chi connectivity index (χ0n) is 15.8. The largest absolute Gasteiger partial charge is 0.381 e. The van der Waals surface area contributed by atoms with Gasteiger partial charge < -0.3 is 24.8 Å². The molecule has 6 nitrogen and oxygen atoms in total. The average Bonchev–Trinajstić information content (AvgIpc) is 3.15. The quantitative estimate of drug-likeness (QED) is 0.235. The summed E-state index contributed by atoms with van der Waals surface area (Å²) in [6.45, 7) is 5.47. The van der Waals surface area contributed by atoms with E-state index in [4.69, 9.17) is 14.2 Å². The minimum atomic E-state index is 0. The highest BCUT2D eigenvalue weighted by Crippen LogP contribution is 2.12. The summed E-state index contributed by atoms with van der Waals surface area (Å²) in [6.07, 6.45) is 2.08. The fourth-order valence-corrected chi connectivity index (χ4v) is 2.77. The van der Waals surface area contributed by atoms with Crippen molar-refractivity contribution in [2.75, 3.05) is 47.1 Å². The molecular formula is C19H32IN3O3. The van der Waals surface area contributed by atoms with Crippen LogP contribution in [0.1, 0.15) is 24.0 Å². The molecule has 0 saturated carbocycles. The van der Waals surface area contributed by atoms with Crippen molar-refractivity contribution in [3.63, 3.8) is 0 Å². The lowest BCUT2D eigenvalue weighted by Crippen LogP contribution is -2.37. The summed E-state index contributed by atoms with van der Waals surface area (Å²) in [5.41, 5.74) is 2.41. The number of halogens is 1. The molecule has 0 aliphatic carbocycles. The van der Waals surface area contributed by atoms with Gasteiger partial charge in [0.25, 0.3) is 0 Å². The molecule has 0 radical (unpaired) electrons. The van der Waals surface area contributed by atoms with Gasteiger partial charge in [0.2, 0.25) is 0 Å². The van der Waals surface area contributed by atoms with Crippen LogP contribution in [0.3, 0.4) is 0 Å². The summed E-state index contributed by atoms with van der Waals surface area (Å²) in [6, 6.07) is 8.26. The van der Waals surface area contributed by atoms with Gasteiger partial charge in [-0.15, -0.1) is 24.0 Å². The zero-order chi connectivity index (χ0) is 17.7. The number of benzene rings is 1. The highest BCUT2D eigenvalue weighted by atomic mass is 127. The molecule has 0 amide bonds. The molecule has 1 atom stereocenters. The predicted molar refractivity (Wildman–Crippen MR) is 115 cm³/mol. The predicted octanol–water partition coefficient (Wildman–Crippen LogP) is 2.56. The number of hydrogen-bond acceptors (Lipinski definition) is 4. The fourth-order valence-electron chi connectivity index (χ4n) is 2.77. The Balaban J connectivity index is 0.00000338. The molecule has 1 aliphatic heterocycles. The molecule has 1 saturated heterocycles. The third-order valence-electron chi connectivity index (χ3n) is 4.22. The van der Waals surface area contributed by atoms with Crippen LogP contribution in [0.5, 0.6) is 0 Å². The number of hydrogen-bond donors (Lipinski definition) is 2. The molecule has 1 aromatic carbocycles. The molecule has 0 spiro atoms. The Morgan fingerprint density at radius 1 is 1.27 bits per heavy atom. The normalized spacial score (nSPS) is 17.0. The van der Waals surface area contributed by atoms with Crippen LogP contribution in [-0.4, -0.2) is 53.1 Å². The van der Waals surface area contributed by atoms with E-state index in [9.17, 15) is 0 Å². The molecule has 7 heteroatoms. The Morgan fingerprint density at radius 3 is 2.77 bits per heavy atom. The Bertz CT molecular complexity index is 523. The van der Waals surface area contributed by atoms with E-state index >= 15 is 0 Å². The van der Waals surface area contributed by atoms with Gasteiger partial charge in [0, 0.05) is 46.4 Å². The van der Waals surface area contributed by atoms with Crippen LogP contribution in [0, 0.1) is 5.92 Å². The van der Waals surface area contributed by atoms with Gasteiger partial charge in [-0.05, 0) is 24.0 Å². The Labute approximate surface area is 174 Å². The van der Waals surface area contributed by atoms with Crippen molar-refractivity contribution in [2.45, 2.75) is 26.0 Å². The number of guanidine groups is 1. The summed E-state index contributed by atoms with van der Waals surface area (Å²) >= 11 is 0. The molecule has 2 N–H and O–H groups in total. The second kappa shape index (κ2) is 14.2. The van der Waals surface area contributed by atoms with Gasteiger partial charge in [0.05, 0.1) is 19.8 Å². The molecule has 148 valence electrons. The fraction of sp³-hybridized carbons (Fsp3) is 0.632. The summed E-state index contributed by atoms with van der Waals surface area (Å²) < 4.78 is 16.3. The Hall–Kier alpha value is -0.900. The van der Waals surface area contributed by atoms with Gasteiger partial charge >= 0.3 is 0 Å². The van der Waals surface area contributed by atoms with Crippen LogP contribution < -0.4 is 10.6 Å². The lowest BCUT2D eigenvalue weighted by Gasteiger charge is -2.14. The topological polar surface area (TPSA) is 64.1 Å². The van der Waals surface area contributed by atoms with Crippen molar-refractivity contribution >= 4 is 29.9 Å². The number of ether oxygens (including phenoxy) is 3. The third kappa shape index (κ3) is 8.66. The number of nitrogens with zero attached hydrogens (tertiary/aromatic N) is 1. The van der Waals surface area contributed by atoms with E-state index in [2.05, 4.69) is 27.8 Å². The average molecular weight is 477 g/mol. The summed E-state index contributed by atoms with van der Waals surface area (Å²) in [4.78, 5) is 4.27. The van der Waals surface area contributed by atoms with Crippen LogP contribution in [0.2, 0.25) is 0 Å². The van der Waals surface area contributed by atoms with Crippen LogP contribution in [0.25, 0.3) is 0 Å². The number of methoxy groups -OCH3 is 1. The Morgan fingerprint density at radius 2 is 2.08 bits per heavy atom.